The topological polar surface area (TPSA) is 297 Å². The molecule has 37 heteroatoms. The molecule has 0 aliphatic heterocycles. The van der Waals surface area contributed by atoms with E-state index in [0.29, 0.717) is 72.3 Å². The number of nitrogens with zero attached hydrogens (tertiary/aromatic N) is 14. The van der Waals surface area contributed by atoms with E-state index in [1.165, 1.54) is 61.4 Å². The number of benzene rings is 3. The average Bonchev–Trinajstić information content (AvgIpc) is 1.60. The van der Waals surface area contributed by atoms with E-state index in [1.54, 1.807) is 30.7 Å². The summed E-state index contributed by atoms with van der Waals surface area (Å²) in [4.78, 5) is 46.5. The third-order valence-electron chi connectivity index (χ3n) is 30.6. The van der Waals surface area contributed by atoms with Crippen LogP contribution in [0.3, 0.4) is 0 Å². The fraction of sp³-hybridized carbons (Fsp3) is 0.560. The maximum Gasteiger partial charge on any atom is 0.569 e. The first kappa shape index (κ1) is 119. The van der Waals surface area contributed by atoms with E-state index >= 15 is 0 Å². The Labute approximate surface area is 903 Å². The van der Waals surface area contributed by atoms with Gasteiger partial charge in [-0.3, -0.25) is 0 Å². The molecule has 5 aliphatic carbocycles. The lowest BCUT2D eigenvalue weighted by molar-refractivity contribution is 0.0596. The number of halogens is 8. The van der Waals surface area contributed by atoms with Gasteiger partial charge in [0.1, 0.15) is 68.9 Å². The number of nitrogens with one attached hydrogen (secondary N) is 1. The summed E-state index contributed by atoms with van der Waals surface area (Å²) in [6, 6.07) is 20.2. The molecule has 6 N–H and O–H groups in total. The zero-order valence-electron chi connectivity index (χ0n) is 90.1. The quantitative estimate of drug-likeness (QED) is 0.0394. The molecule has 24 nitrogen and oxygen atoms in total. The normalized spacial score (nSPS) is 20.2. The van der Waals surface area contributed by atoms with Crippen LogP contribution in [-0.4, -0.2) is 172 Å². The van der Waals surface area contributed by atoms with Gasteiger partial charge >= 0.3 is 7.69 Å². The van der Waals surface area contributed by atoms with Crippen LogP contribution in [0.15, 0.2) is 148 Å². The zero-order valence-corrected chi connectivity index (χ0v) is 100. The first-order valence-corrected chi connectivity index (χ1v) is 66.5. The van der Waals surface area contributed by atoms with Crippen molar-refractivity contribution in [3.63, 3.8) is 0 Å². The molecule has 1 radical (unpaired) electrons. The van der Waals surface area contributed by atoms with Crippen molar-refractivity contribution in [2.45, 2.75) is 385 Å². The lowest BCUT2D eigenvalue weighted by Gasteiger charge is -2.41. The molecule has 5 aliphatic rings. The number of hydrogen-bond donors (Lipinski definition) is 5. The second kappa shape index (κ2) is 52.1. The minimum absolute atomic E-state index is 0.0794. The number of aliphatic hydroxyl groups is 2. The van der Waals surface area contributed by atoms with Crippen molar-refractivity contribution in [3.8, 4) is 28.0 Å². The summed E-state index contributed by atoms with van der Waals surface area (Å²) in [6.45, 7) is 55.0. The molecule has 0 unspecified atom stereocenters. The van der Waals surface area contributed by atoms with Crippen molar-refractivity contribution >= 4 is 167 Å². The van der Waals surface area contributed by atoms with Crippen molar-refractivity contribution in [2.24, 2.45) is 5.73 Å². The number of H-pyrrole nitrogens is 1. The number of aryl methyl sites for hydroxylation is 3. The van der Waals surface area contributed by atoms with Crippen LogP contribution in [0.2, 0.25) is 83.1 Å². The number of hydrogen-bond acceptors (Lipinski definition) is 19. The Balaban J connectivity index is 0.000000165. The van der Waals surface area contributed by atoms with Crippen LogP contribution in [0, 0.1) is 38.2 Å². The summed E-state index contributed by atoms with van der Waals surface area (Å²) in [5.41, 5.74) is 13.8. The molecule has 5 fully saturated rings. The highest BCUT2D eigenvalue weighted by Gasteiger charge is 2.45. The number of aromatic amines is 1. The first-order valence-electron chi connectivity index (χ1n) is 51.8. The van der Waals surface area contributed by atoms with Crippen LogP contribution in [0.25, 0.3) is 77.4 Å². The number of aromatic nitrogens is 15. The second-order valence-electron chi connectivity index (χ2n) is 45.6. The van der Waals surface area contributed by atoms with Gasteiger partial charge in [-0.2, -0.15) is 9.97 Å². The van der Waals surface area contributed by atoms with E-state index in [2.05, 4.69) is 288 Å². The number of fused-ring (bicyclic) bond motifs is 5. The van der Waals surface area contributed by atoms with Crippen molar-refractivity contribution in [2.75, 3.05) is 6.54 Å². The second-order valence-corrected chi connectivity index (χ2v) is 67.8. The Hall–Kier alpha value is -7.02. The Kier molecular flexibility index (Phi) is 42.5. The van der Waals surface area contributed by atoms with Crippen LogP contribution in [0.5, 0.6) is 5.75 Å². The van der Waals surface area contributed by atoms with Gasteiger partial charge in [-0.15, -0.1) is 0 Å². The van der Waals surface area contributed by atoms with Gasteiger partial charge in [0.25, 0.3) is 0 Å². The molecule has 10 heterocycles. The molecule has 0 atom stereocenters. The maximum absolute atomic E-state index is 13.5. The van der Waals surface area contributed by atoms with E-state index in [9.17, 15) is 23.4 Å². The van der Waals surface area contributed by atoms with Crippen molar-refractivity contribution in [3.05, 3.63) is 194 Å². The van der Waals surface area contributed by atoms with Gasteiger partial charge in [-0.05, 0) is 365 Å². The average molecular weight is 2310 g/mol. The highest BCUT2D eigenvalue weighted by Crippen LogP contribution is 2.48. The van der Waals surface area contributed by atoms with Gasteiger partial charge < -0.3 is 66.6 Å². The van der Waals surface area contributed by atoms with E-state index in [4.69, 9.17) is 56.6 Å². The van der Waals surface area contributed by atoms with Gasteiger partial charge in [0, 0.05) is 146 Å². The first-order chi connectivity index (χ1) is 68.6. The number of nitrogens with two attached hydrogens (primary N) is 1. The van der Waals surface area contributed by atoms with Crippen molar-refractivity contribution < 1.29 is 50.8 Å². The number of aliphatic hydroxyl groups excluding tert-OH is 2. The van der Waals surface area contributed by atoms with Crippen LogP contribution in [-0.2, 0) is 17.7 Å². The predicted octanol–water partition coefficient (Wildman–Crippen LogP) is 30.6. The summed E-state index contributed by atoms with van der Waals surface area (Å²) < 4.78 is 81.9. The van der Waals surface area contributed by atoms with Crippen LogP contribution < -0.4 is 10.4 Å². The van der Waals surface area contributed by atoms with Crippen LogP contribution in [0.4, 0.5) is 13.2 Å². The third-order valence-corrected chi connectivity index (χ3v) is 51.1. The van der Waals surface area contributed by atoms with Gasteiger partial charge in [-0.1, -0.05) is 121 Å². The number of rotatable bonds is 18. The number of unbranched alkanes of at least 4 members (excludes halogenated alkanes) is 1. The Morgan fingerprint density at radius 3 is 1.00 bits per heavy atom. The maximum atomic E-state index is 13.5. The fourth-order valence-electron chi connectivity index (χ4n) is 17.9. The molecule has 0 amide bonds. The van der Waals surface area contributed by atoms with Crippen LogP contribution >= 0.6 is 71.0 Å². The van der Waals surface area contributed by atoms with E-state index in [-0.39, 0.29) is 50.1 Å². The third kappa shape index (κ3) is 32.3. The molecule has 795 valence electrons. The standard InChI is InChI=1S/C25H34FN3OSi.C19H30BrN3OSi.C19H20FN3O.C18H27BrClN3OSi.C12H26O2Si.C6H5BFO2.C6H3BrClN3.C4H11N/c1-17-27-15-22-23(18-7-9-19(26)10-8-18)16-29(24(22)28-17)20-11-13-21(14-12-20)30-31(5,6)25(2,3)4;1-13-21-11-16-17(20)12-23(18(16)22-13)14-7-9-15(10-8-14)24-25(5,6)19(2,3)4;1-12-21-10-17-18(13-2-4-14(20)5-3-13)11-23(19(17)22-12)15-6-8-16(24)9-7-15;1-18(2,3)25(4,5)24-13-8-6-12(7-9-13)23-11-15(19)14-10-21-17(20)22-16(14)23;1-12(2,3)15(4,5)14-11-8-6-10(13)7-9-11;8-5-1-3-6(4-2-5)10-7-9;7-4-2-9-5-3(4)1-10-6(8)11-5;1-2-3-4-5/h7-10,15-16,20-21H,11-14H2,1-6H3;11-12,14-15H,7-10H2,1-6H3;2-5,10-11,15-16,24H,6-9H2,1H3;10-13H,6-9H2,1-5H3;10-11,13H,6-9H2,1-5H3;1-4,9H;1-2H,(H,9,10,11);2-5H2,1H3. The summed E-state index contributed by atoms with van der Waals surface area (Å²) in [5, 5.41) is 34.1. The van der Waals surface area contributed by atoms with Crippen molar-refractivity contribution in [1.29, 1.82) is 0 Å². The Morgan fingerprint density at radius 2 is 0.678 bits per heavy atom. The van der Waals surface area contributed by atoms with Gasteiger partial charge in [-0.25, -0.2) is 53.0 Å². The summed E-state index contributed by atoms with van der Waals surface area (Å²) in [6.07, 6.45) is 43.9. The largest absolute Gasteiger partial charge is 0.569 e. The van der Waals surface area contributed by atoms with E-state index in [0.717, 1.165) is 243 Å². The minimum atomic E-state index is -1.75. The molecular weight excluding hydrogens is 2150 g/mol. The molecule has 10 aromatic heterocycles. The molecule has 13 aromatic rings. The van der Waals surface area contributed by atoms with E-state index in [1.807, 2.05) is 51.5 Å². The van der Waals surface area contributed by atoms with Gasteiger partial charge in [0.15, 0.2) is 33.3 Å². The minimum Gasteiger partial charge on any atom is -0.537 e. The lowest BCUT2D eigenvalue weighted by Crippen LogP contribution is -2.45. The highest BCUT2D eigenvalue weighted by atomic mass is 79.9. The zero-order chi connectivity index (χ0) is 107. The monoisotopic (exact) mass is 2300 g/mol. The molecule has 3 aromatic carbocycles. The SMILES string of the molecule is CC(C)(C)[Si](C)(C)OC1CCC(O)CC1.CC(C)(C)[Si](C)(C)OC1CCC(n2cc(Br)c3cnc(Cl)nc32)CC1.CCCCN.Cc1ncc2c(-c3ccc(F)cc3)cn(C3CCC(O)CC3)c2n1.Cc1ncc2c(-c3ccc(F)cc3)cn(C3CCC(O[Si](C)(C)C(C)(C)C)CC3)c2n1.Cc1ncc2c(Br)cn(C3CCC(O[Si](C)(C)C(C)(C)C)CC3)c2n1.Clc1ncc2c(Br)c[nH]c2n1.O[B]Oc1ccc(F)cc1. The Bertz CT molecular complexity index is 6210. The van der Waals surface area contributed by atoms with Gasteiger partial charge in [0.2, 0.25) is 10.6 Å². The molecule has 146 heavy (non-hydrogen) atoms. The molecule has 0 spiro atoms. The highest BCUT2D eigenvalue weighted by molar-refractivity contribution is 9.11. The van der Waals surface area contributed by atoms with Crippen molar-refractivity contribution in [1.82, 2.24) is 73.1 Å². The molecular formula is C109H156BBr3Cl2F3N16O8Si4. The summed E-state index contributed by atoms with van der Waals surface area (Å²) in [5.74, 6) is 1.95. The smallest absolute Gasteiger partial charge is 0.537 e. The molecule has 0 bridgehead atoms. The molecule has 5 saturated carbocycles. The predicted molar refractivity (Wildman–Crippen MR) is 610 cm³/mol. The summed E-state index contributed by atoms with van der Waals surface area (Å²) in [7, 11) is -6.16. The molecule has 0 saturated heterocycles. The van der Waals surface area contributed by atoms with Crippen LogP contribution in [0.1, 0.15) is 273 Å². The summed E-state index contributed by atoms with van der Waals surface area (Å²) >= 11 is 22.2. The van der Waals surface area contributed by atoms with Gasteiger partial charge in [0.05, 0.1) is 28.4 Å². The fourth-order valence-corrected chi connectivity index (χ4v) is 25.3. The Morgan fingerprint density at radius 1 is 0.397 bits per heavy atom. The van der Waals surface area contributed by atoms with E-state index < -0.39 is 33.3 Å². The lowest BCUT2D eigenvalue weighted by atomic mass is 9.93. The molecule has 18 rings (SSSR count).